The van der Waals surface area contributed by atoms with Crippen molar-refractivity contribution in [1.29, 1.82) is 0 Å². The molecule has 0 radical (unpaired) electrons. The summed E-state index contributed by atoms with van der Waals surface area (Å²) in [4.78, 5) is 28.3. The quantitative estimate of drug-likeness (QED) is 0.357. The monoisotopic (exact) mass is 579 g/mol. The third kappa shape index (κ3) is 7.93. The van der Waals surface area contributed by atoms with E-state index in [-0.39, 0.29) is 34.3 Å². The molecule has 7 nitrogen and oxygen atoms in total. The molecule has 0 aliphatic rings. The van der Waals surface area contributed by atoms with Gasteiger partial charge in [0.05, 0.1) is 11.9 Å². The number of carbonyl (C=O) groups excluding carboxylic acids is 2. The molecule has 0 heterocycles. The van der Waals surface area contributed by atoms with Gasteiger partial charge in [-0.25, -0.2) is 12.8 Å². The predicted octanol–water partition coefficient (Wildman–Crippen LogP) is 4.67. The summed E-state index contributed by atoms with van der Waals surface area (Å²) in [5.41, 5.74) is 1.04. The van der Waals surface area contributed by atoms with Gasteiger partial charge in [0, 0.05) is 35.1 Å². The standard InChI is InChI=1S/C27H28Cl2FN3O4S/c1-3-31-27(35)25(13-19-9-5-4-6-10-19)32(17-20-11-7-8-12-24(20)30)26(34)18-33(38(2,36)37)23-15-21(28)14-22(29)16-23/h4-12,14-16,25H,3,13,17-18H2,1-2H3,(H,31,35). The molecule has 3 rings (SSSR count). The van der Waals surface area contributed by atoms with E-state index in [0.717, 1.165) is 16.1 Å². The second-order valence-corrected chi connectivity index (χ2v) is 11.4. The molecule has 3 aromatic carbocycles. The number of hydrogen-bond donors (Lipinski definition) is 1. The lowest BCUT2D eigenvalue weighted by Gasteiger charge is -2.33. The van der Waals surface area contributed by atoms with E-state index in [9.17, 15) is 22.4 Å². The molecule has 1 N–H and O–H groups in total. The van der Waals surface area contributed by atoms with Crippen molar-refractivity contribution in [3.8, 4) is 0 Å². The number of halogens is 3. The molecule has 38 heavy (non-hydrogen) atoms. The van der Waals surface area contributed by atoms with Gasteiger partial charge in [-0.1, -0.05) is 71.7 Å². The summed E-state index contributed by atoms with van der Waals surface area (Å²) < 4.78 is 41.0. The predicted molar refractivity (Wildman–Crippen MR) is 148 cm³/mol. The molecule has 2 amide bonds. The van der Waals surface area contributed by atoms with Crippen molar-refractivity contribution in [3.63, 3.8) is 0 Å². The van der Waals surface area contributed by atoms with Gasteiger partial charge in [0.1, 0.15) is 18.4 Å². The topological polar surface area (TPSA) is 86.8 Å². The SMILES string of the molecule is CCNC(=O)C(Cc1ccccc1)N(Cc1ccccc1F)C(=O)CN(c1cc(Cl)cc(Cl)c1)S(C)(=O)=O. The lowest BCUT2D eigenvalue weighted by molar-refractivity contribution is -0.140. The van der Waals surface area contributed by atoms with E-state index in [1.807, 2.05) is 18.2 Å². The van der Waals surface area contributed by atoms with Gasteiger partial charge in [-0.05, 0) is 36.8 Å². The minimum Gasteiger partial charge on any atom is -0.355 e. The Labute approximate surface area is 232 Å². The molecule has 1 unspecified atom stereocenters. The van der Waals surface area contributed by atoms with E-state index in [4.69, 9.17) is 23.2 Å². The fourth-order valence-electron chi connectivity index (χ4n) is 3.95. The average molecular weight is 581 g/mol. The van der Waals surface area contributed by atoms with Crippen molar-refractivity contribution in [3.05, 3.63) is 99.8 Å². The number of carbonyl (C=O) groups is 2. The van der Waals surface area contributed by atoms with Crippen LogP contribution in [0.4, 0.5) is 10.1 Å². The first-order valence-electron chi connectivity index (χ1n) is 11.8. The van der Waals surface area contributed by atoms with Gasteiger partial charge in [0.15, 0.2) is 0 Å². The lowest BCUT2D eigenvalue weighted by Crippen LogP contribution is -2.53. The average Bonchev–Trinajstić information content (AvgIpc) is 2.85. The van der Waals surface area contributed by atoms with Gasteiger partial charge >= 0.3 is 0 Å². The number of sulfonamides is 1. The molecule has 3 aromatic rings. The summed E-state index contributed by atoms with van der Waals surface area (Å²) in [7, 11) is -3.98. The van der Waals surface area contributed by atoms with Crippen LogP contribution in [0.1, 0.15) is 18.1 Å². The van der Waals surface area contributed by atoms with Gasteiger partial charge < -0.3 is 10.2 Å². The Hall–Kier alpha value is -3.14. The van der Waals surface area contributed by atoms with Crippen molar-refractivity contribution in [2.45, 2.75) is 25.9 Å². The maximum absolute atomic E-state index is 14.7. The highest BCUT2D eigenvalue weighted by Crippen LogP contribution is 2.27. The Morgan fingerprint density at radius 2 is 1.58 bits per heavy atom. The molecule has 0 aliphatic carbocycles. The van der Waals surface area contributed by atoms with E-state index in [1.54, 1.807) is 25.1 Å². The Morgan fingerprint density at radius 3 is 2.16 bits per heavy atom. The zero-order valence-corrected chi connectivity index (χ0v) is 23.2. The molecule has 1 atom stereocenters. The maximum atomic E-state index is 14.7. The minimum absolute atomic E-state index is 0.0850. The second kappa shape index (κ2) is 13.1. The normalized spacial score (nSPS) is 12.0. The fourth-order valence-corrected chi connectivity index (χ4v) is 5.30. The van der Waals surface area contributed by atoms with Crippen molar-refractivity contribution >= 4 is 50.7 Å². The molecule has 0 saturated carbocycles. The Balaban J connectivity index is 2.07. The second-order valence-electron chi connectivity index (χ2n) is 8.61. The smallest absolute Gasteiger partial charge is 0.244 e. The molecule has 0 aromatic heterocycles. The molecule has 202 valence electrons. The molecule has 0 saturated heterocycles. The van der Waals surface area contributed by atoms with Crippen LogP contribution in [-0.4, -0.2) is 50.5 Å². The van der Waals surface area contributed by atoms with E-state index in [2.05, 4.69) is 5.32 Å². The molecular formula is C27H28Cl2FN3O4S. The van der Waals surface area contributed by atoms with E-state index >= 15 is 0 Å². The van der Waals surface area contributed by atoms with Crippen LogP contribution in [0.15, 0.2) is 72.8 Å². The Kier molecular flexibility index (Phi) is 10.1. The lowest BCUT2D eigenvalue weighted by atomic mass is 10.0. The summed E-state index contributed by atoms with van der Waals surface area (Å²) in [6, 6.07) is 18.1. The van der Waals surface area contributed by atoms with Crippen LogP contribution in [-0.2, 0) is 32.6 Å². The van der Waals surface area contributed by atoms with Crippen molar-refractivity contribution in [2.75, 3.05) is 23.7 Å². The first kappa shape index (κ1) is 29.4. The molecular weight excluding hydrogens is 552 g/mol. The number of anilines is 1. The van der Waals surface area contributed by atoms with Gasteiger partial charge in [0.2, 0.25) is 21.8 Å². The van der Waals surface area contributed by atoms with Gasteiger partial charge in [-0.2, -0.15) is 0 Å². The van der Waals surface area contributed by atoms with Gasteiger partial charge in [0.25, 0.3) is 0 Å². The van der Waals surface area contributed by atoms with Crippen LogP contribution in [0.25, 0.3) is 0 Å². The largest absolute Gasteiger partial charge is 0.355 e. The minimum atomic E-state index is -3.98. The Bertz CT molecular complexity index is 1370. The highest BCUT2D eigenvalue weighted by atomic mass is 35.5. The third-order valence-electron chi connectivity index (χ3n) is 5.74. The van der Waals surface area contributed by atoms with Crippen molar-refractivity contribution in [1.82, 2.24) is 10.2 Å². The molecule has 0 spiro atoms. The first-order valence-corrected chi connectivity index (χ1v) is 14.4. The highest BCUT2D eigenvalue weighted by molar-refractivity contribution is 7.92. The van der Waals surface area contributed by atoms with Crippen molar-refractivity contribution in [2.24, 2.45) is 0 Å². The first-order chi connectivity index (χ1) is 18.0. The number of benzene rings is 3. The Morgan fingerprint density at radius 1 is 0.974 bits per heavy atom. The highest BCUT2D eigenvalue weighted by Gasteiger charge is 2.33. The van der Waals surface area contributed by atoms with Gasteiger partial charge in [-0.15, -0.1) is 0 Å². The number of hydrogen-bond acceptors (Lipinski definition) is 4. The molecule has 0 fully saturated rings. The van der Waals surface area contributed by atoms with E-state index in [1.165, 1.54) is 41.3 Å². The van der Waals surface area contributed by atoms with E-state index < -0.39 is 40.2 Å². The summed E-state index contributed by atoms with van der Waals surface area (Å²) in [5.74, 6) is -1.71. The van der Waals surface area contributed by atoms with Gasteiger partial charge in [-0.3, -0.25) is 13.9 Å². The zero-order valence-electron chi connectivity index (χ0n) is 20.9. The summed E-state index contributed by atoms with van der Waals surface area (Å²) in [6.45, 7) is 1.14. The number of likely N-dealkylation sites (N-methyl/N-ethyl adjacent to an activating group) is 1. The summed E-state index contributed by atoms with van der Waals surface area (Å²) in [6.07, 6.45) is 1.08. The third-order valence-corrected chi connectivity index (χ3v) is 7.31. The van der Waals surface area contributed by atoms with Crippen LogP contribution in [0.5, 0.6) is 0 Å². The van der Waals surface area contributed by atoms with E-state index in [0.29, 0.717) is 6.54 Å². The van der Waals surface area contributed by atoms with Crippen LogP contribution in [0, 0.1) is 5.82 Å². The van der Waals surface area contributed by atoms with Crippen LogP contribution in [0.2, 0.25) is 10.0 Å². The maximum Gasteiger partial charge on any atom is 0.244 e. The van der Waals surface area contributed by atoms with Crippen LogP contribution >= 0.6 is 23.2 Å². The molecule has 11 heteroatoms. The fraction of sp³-hybridized carbons (Fsp3) is 0.259. The van der Waals surface area contributed by atoms with Crippen molar-refractivity contribution < 1.29 is 22.4 Å². The zero-order chi connectivity index (χ0) is 27.9. The summed E-state index contributed by atoms with van der Waals surface area (Å²) in [5, 5.41) is 3.10. The molecule has 0 aliphatic heterocycles. The van der Waals surface area contributed by atoms with Crippen LogP contribution in [0.3, 0.4) is 0 Å². The number of nitrogens with zero attached hydrogens (tertiary/aromatic N) is 2. The van der Waals surface area contributed by atoms with Crippen LogP contribution < -0.4 is 9.62 Å². The number of rotatable bonds is 11. The number of nitrogens with one attached hydrogen (secondary N) is 1. The summed E-state index contributed by atoms with van der Waals surface area (Å²) >= 11 is 12.2. The molecule has 0 bridgehead atoms. The number of amides is 2.